The lowest BCUT2D eigenvalue weighted by molar-refractivity contribution is -0.387. The van der Waals surface area contributed by atoms with Crippen molar-refractivity contribution < 1.29 is 14.1 Å². The fourth-order valence-corrected chi connectivity index (χ4v) is 2.94. The van der Waals surface area contributed by atoms with Gasteiger partial charge in [-0.15, -0.1) is 0 Å². The molecule has 0 atom stereocenters. The van der Waals surface area contributed by atoms with Gasteiger partial charge in [0.15, 0.2) is 5.75 Å². The van der Waals surface area contributed by atoms with Crippen LogP contribution in [0, 0.1) is 15.9 Å². The lowest BCUT2D eigenvalue weighted by Crippen LogP contribution is -2.37. The van der Waals surface area contributed by atoms with Crippen molar-refractivity contribution in [3.05, 3.63) is 70.0 Å². The number of nitro benzene ring substituents is 1. The van der Waals surface area contributed by atoms with E-state index < -0.39 is 16.4 Å². The molecule has 0 aromatic heterocycles. The summed E-state index contributed by atoms with van der Waals surface area (Å²) in [6.07, 6.45) is 1.43. The predicted octanol–water partition coefficient (Wildman–Crippen LogP) is 3.78. The van der Waals surface area contributed by atoms with Crippen molar-refractivity contribution in [2.45, 2.75) is 25.5 Å². The molecule has 1 heterocycles. The molecular formula is C18H19FN2O3. The van der Waals surface area contributed by atoms with Gasteiger partial charge >= 0.3 is 5.69 Å². The lowest BCUT2D eigenvalue weighted by Gasteiger charge is -2.32. The van der Waals surface area contributed by atoms with E-state index in [0.717, 1.165) is 38.5 Å². The van der Waals surface area contributed by atoms with Gasteiger partial charge in [0.1, 0.15) is 6.10 Å². The highest BCUT2D eigenvalue weighted by Crippen LogP contribution is 2.28. The van der Waals surface area contributed by atoms with E-state index in [1.165, 1.54) is 17.7 Å². The zero-order valence-corrected chi connectivity index (χ0v) is 13.2. The quantitative estimate of drug-likeness (QED) is 0.618. The molecule has 2 aromatic carbocycles. The Bertz CT molecular complexity index is 701. The summed E-state index contributed by atoms with van der Waals surface area (Å²) in [7, 11) is 0. The van der Waals surface area contributed by atoms with Crippen LogP contribution in [0.1, 0.15) is 18.4 Å². The molecule has 0 saturated carbocycles. The number of hydrogen-bond acceptors (Lipinski definition) is 4. The third kappa shape index (κ3) is 3.89. The predicted molar refractivity (Wildman–Crippen MR) is 88.4 cm³/mol. The molecule has 6 heteroatoms. The highest BCUT2D eigenvalue weighted by Gasteiger charge is 2.24. The number of halogens is 1. The van der Waals surface area contributed by atoms with Crippen LogP contribution in [-0.4, -0.2) is 29.0 Å². The van der Waals surface area contributed by atoms with E-state index in [1.54, 1.807) is 0 Å². The molecule has 0 unspecified atom stereocenters. The SMILES string of the molecule is O=[N+]([O-])c1cccc(OC2CCN(Cc3ccccc3)CC2)c1F. The summed E-state index contributed by atoms with van der Waals surface area (Å²) in [6, 6.07) is 14.3. The van der Waals surface area contributed by atoms with Crippen molar-refractivity contribution >= 4 is 5.69 Å². The first-order valence-electron chi connectivity index (χ1n) is 7.99. The van der Waals surface area contributed by atoms with E-state index in [1.807, 2.05) is 18.2 Å². The molecule has 0 bridgehead atoms. The second-order valence-corrected chi connectivity index (χ2v) is 5.93. The molecule has 1 aliphatic heterocycles. The van der Waals surface area contributed by atoms with Crippen LogP contribution in [0.5, 0.6) is 5.75 Å². The number of ether oxygens (including phenoxy) is 1. The fraction of sp³-hybridized carbons (Fsp3) is 0.333. The highest BCUT2D eigenvalue weighted by molar-refractivity contribution is 5.40. The molecule has 0 radical (unpaired) electrons. The summed E-state index contributed by atoms with van der Waals surface area (Å²) in [5, 5.41) is 10.8. The van der Waals surface area contributed by atoms with Crippen LogP contribution in [0.4, 0.5) is 10.1 Å². The van der Waals surface area contributed by atoms with Gasteiger partial charge in [-0.25, -0.2) is 0 Å². The molecule has 0 amide bonds. The topological polar surface area (TPSA) is 55.6 Å². The molecule has 0 N–H and O–H groups in total. The van der Waals surface area contributed by atoms with Crippen LogP contribution >= 0.6 is 0 Å². The van der Waals surface area contributed by atoms with E-state index in [0.29, 0.717) is 0 Å². The third-order valence-corrected chi connectivity index (χ3v) is 4.22. The maximum Gasteiger partial charge on any atom is 0.308 e. The Kier molecular flexibility index (Phi) is 5.05. The molecule has 24 heavy (non-hydrogen) atoms. The van der Waals surface area contributed by atoms with E-state index in [9.17, 15) is 14.5 Å². The van der Waals surface area contributed by atoms with Gasteiger partial charge in [0, 0.05) is 25.7 Å². The number of likely N-dealkylation sites (tertiary alicyclic amines) is 1. The van der Waals surface area contributed by atoms with Crippen LogP contribution < -0.4 is 4.74 Å². The summed E-state index contributed by atoms with van der Waals surface area (Å²) in [5.41, 5.74) is 0.718. The number of benzene rings is 2. The normalized spacial score (nSPS) is 16.0. The second kappa shape index (κ2) is 7.40. The first-order valence-corrected chi connectivity index (χ1v) is 7.99. The molecule has 0 aliphatic carbocycles. The van der Waals surface area contributed by atoms with Crippen molar-refractivity contribution in [2.24, 2.45) is 0 Å². The van der Waals surface area contributed by atoms with E-state index >= 15 is 0 Å². The summed E-state index contributed by atoms with van der Waals surface area (Å²) < 4.78 is 19.7. The Morgan fingerprint density at radius 1 is 1.12 bits per heavy atom. The summed E-state index contributed by atoms with van der Waals surface area (Å²) in [4.78, 5) is 12.4. The zero-order chi connectivity index (χ0) is 16.9. The van der Waals surface area contributed by atoms with Crippen LogP contribution in [0.3, 0.4) is 0 Å². The van der Waals surface area contributed by atoms with Gasteiger partial charge in [-0.3, -0.25) is 15.0 Å². The minimum Gasteiger partial charge on any atom is -0.487 e. The molecule has 1 fully saturated rings. The van der Waals surface area contributed by atoms with Crippen LogP contribution in [-0.2, 0) is 6.54 Å². The van der Waals surface area contributed by atoms with Crippen molar-refractivity contribution in [1.82, 2.24) is 4.90 Å². The molecular weight excluding hydrogens is 311 g/mol. The third-order valence-electron chi connectivity index (χ3n) is 4.22. The Balaban J connectivity index is 1.56. The highest BCUT2D eigenvalue weighted by atomic mass is 19.1. The van der Waals surface area contributed by atoms with Gasteiger partial charge in [0.25, 0.3) is 0 Å². The number of piperidine rings is 1. The molecule has 0 spiro atoms. The lowest BCUT2D eigenvalue weighted by atomic mass is 10.1. The Hall–Kier alpha value is -2.47. The standard InChI is InChI=1S/C18H19FN2O3/c19-18-16(21(22)23)7-4-8-17(18)24-15-9-11-20(12-10-15)13-14-5-2-1-3-6-14/h1-8,15H,9-13H2. The monoisotopic (exact) mass is 330 g/mol. The summed E-state index contributed by atoms with van der Waals surface area (Å²) in [5.74, 6) is -0.931. The van der Waals surface area contributed by atoms with Gasteiger partial charge in [0.05, 0.1) is 4.92 Å². The molecule has 1 aliphatic rings. The van der Waals surface area contributed by atoms with Crippen molar-refractivity contribution in [3.63, 3.8) is 0 Å². The van der Waals surface area contributed by atoms with E-state index in [2.05, 4.69) is 17.0 Å². The number of rotatable bonds is 5. The molecule has 5 nitrogen and oxygen atoms in total. The van der Waals surface area contributed by atoms with E-state index in [-0.39, 0.29) is 11.9 Å². The summed E-state index contributed by atoms with van der Waals surface area (Å²) >= 11 is 0. The molecule has 126 valence electrons. The smallest absolute Gasteiger partial charge is 0.308 e. The minimum absolute atomic E-state index is 0.0364. The maximum absolute atomic E-state index is 14.1. The van der Waals surface area contributed by atoms with Crippen molar-refractivity contribution in [1.29, 1.82) is 0 Å². The largest absolute Gasteiger partial charge is 0.487 e. The van der Waals surface area contributed by atoms with Gasteiger partial charge in [-0.2, -0.15) is 4.39 Å². The van der Waals surface area contributed by atoms with Crippen LogP contribution in [0.25, 0.3) is 0 Å². The number of nitrogens with zero attached hydrogens (tertiary/aromatic N) is 2. The number of hydrogen-bond donors (Lipinski definition) is 0. The van der Waals surface area contributed by atoms with Crippen LogP contribution in [0.2, 0.25) is 0 Å². The van der Waals surface area contributed by atoms with Gasteiger partial charge < -0.3 is 4.74 Å². The number of nitro groups is 1. The first kappa shape index (κ1) is 16.4. The first-order chi connectivity index (χ1) is 11.6. The summed E-state index contributed by atoms with van der Waals surface area (Å²) in [6.45, 7) is 2.60. The van der Waals surface area contributed by atoms with Gasteiger partial charge in [-0.1, -0.05) is 36.4 Å². The average molecular weight is 330 g/mol. The zero-order valence-electron chi connectivity index (χ0n) is 13.2. The Labute approximate surface area is 139 Å². The maximum atomic E-state index is 14.1. The average Bonchev–Trinajstić information content (AvgIpc) is 2.59. The molecule has 2 aromatic rings. The fourth-order valence-electron chi connectivity index (χ4n) is 2.94. The Morgan fingerprint density at radius 2 is 1.83 bits per heavy atom. The van der Waals surface area contributed by atoms with Gasteiger partial charge in [-0.05, 0) is 24.5 Å². The second-order valence-electron chi connectivity index (χ2n) is 5.93. The molecule has 1 saturated heterocycles. The van der Waals surface area contributed by atoms with E-state index in [4.69, 9.17) is 4.74 Å². The van der Waals surface area contributed by atoms with Gasteiger partial charge in [0.2, 0.25) is 5.82 Å². The minimum atomic E-state index is -0.894. The molecule has 3 rings (SSSR count). The van der Waals surface area contributed by atoms with Crippen LogP contribution in [0.15, 0.2) is 48.5 Å². The van der Waals surface area contributed by atoms with Crippen molar-refractivity contribution in [2.75, 3.05) is 13.1 Å². The van der Waals surface area contributed by atoms with Crippen molar-refractivity contribution in [3.8, 4) is 5.75 Å². The Morgan fingerprint density at radius 3 is 2.50 bits per heavy atom.